The van der Waals surface area contributed by atoms with Crippen molar-refractivity contribution in [2.75, 3.05) is 26.2 Å². The van der Waals surface area contributed by atoms with Crippen LogP contribution in [0.1, 0.15) is 16.7 Å². The molecule has 1 aliphatic heterocycles. The van der Waals surface area contributed by atoms with Crippen LogP contribution in [0.2, 0.25) is 0 Å². The van der Waals surface area contributed by atoms with Gasteiger partial charge in [-0.05, 0) is 24.1 Å². The number of benzene rings is 1. The average molecular weight is 324 g/mol. The first-order valence-electron chi connectivity index (χ1n) is 8.40. The topological polar surface area (TPSA) is 48.5 Å². The third-order valence-electron chi connectivity index (χ3n) is 4.31. The van der Waals surface area contributed by atoms with Gasteiger partial charge in [0.15, 0.2) is 0 Å². The Morgan fingerprint density at radius 3 is 2.62 bits per heavy atom. The standard InChI is InChI=1S/C19H24N4O/c1-16-4-2-5-17(12-16)14-21-19(24)23-10-8-22(9-11-23)15-18-6-3-7-20-13-18/h2-7,12-13H,8-11,14-15H2,1H3,(H,21,24). The van der Waals surface area contributed by atoms with Crippen molar-refractivity contribution in [2.24, 2.45) is 0 Å². The largest absolute Gasteiger partial charge is 0.334 e. The summed E-state index contributed by atoms with van der Waals surface area (Å²) in [6, 6.07) is 12.3. The van der Waals surface area contributed by atoms with Crippen LogP contribution in [-0.2, 0) is 13.1 Å². The third-order valence-corrected chi connectivity index (χ3v) is 4.31. The van der Waals surface area contributed by atoms with Gasteiger partial charge in [-0.3, -0.25) is 9.88 Å². The molecule has 2 heterocycles. The second-order valence-corrected chi connectivity index (χ2v) is 6.27. The van der Waals surface area contributed by atoms with Crippen molar-refractivity contribution < 1.29 is 4.79 Å². The first-order valence-corrected chi connectivity index (χ1v) is 8.40. The maximum absolute atomic E-state index is 12.3. The zero-order valence-electron chi connectivity index (χ0n) is 14.1. The quantitative estimate of drug-likeness (QED) is 0.939. The van der Waals surface area contributed by atoms with Gasteiger partial charge in [0, 0.05) is 51.7 Å². The van der Waals surface area contributed by atoms with E-state index in [1.165, 1.54) is 11.1 Å². The lowest BCUT2D eigenvalue weighted by Gasteiger charge is -2.34. The number of hydrogen-bond donors (Lipinski definition) is 1. The summed E-state index contributed by atoms with van der Waals surface area (Å²) in [5, 5.41) is 3.02. The minimum absolute atomic E-state index is 0.0255. The first kappa shape index (κ1) is 16.5. The molecule has 0 unspecified atom stereocenters. The molecule has 5 heteroatoms. The van der Waals surface area contributed by atoms with E-state index in [1.807, 2.05) is 29.3 Å². The van der Waals surface area contributed by atoms with E-state index < -0.39 is 0 Å². The molecule has 0 saturated carbocycles. The maximum atomic E-state index is 12.3. The van der Waals surface area contributed by atoms with Crippen molar-refractivity contribution >= 4 is 6.03 Å². The van der Waals surface area contributed by atoms with Crippen LogP contribution in [0.4, 0.5) is 4.79 Å². The van der Waals surface area contributed by atoms with E-state index in [4.69, 9.17) is 0 Å². The summed E-state index contributed by atoms with van der Waals surface area (Å²) in [6.07, 6.45) is 3.70. The second-order valence-electron chi connectivity index (χ2n) is 6.27. The number of carbonyl (C=O) groups excluding carboxylic acids is 1. The van der Waals surface area contributed by atoms with Crippen molar-refractivity contribution in [3.8, 4) is 0 Å². The fourth-order valence-corrected chi connectivity index (χ4v) is 2.97. The molecule has 0 bridgehead atoms. The number of hydrogen-bond acceptors (Lipinski definition) is 3. The van der Waals surface area contributed by atoms with E-state index in [1.54, 1.807) is 6.20 Å². The number of amides is 2. The highest BCUT2D eigenvalue weighted by Crippen LogP contribution is 2.08. The number of pyridine rings is 1. The second kappa shape index (κ2) is 7.93. The fraction of sp³-hybridized carbons (Fsp3) is 0.368. The zero-order valence-corrected chi connectivity index (χ0v) is 14.1. The van der Waals surface area contributed by atoms with Crippen molar-refractivity contribution in [2.45, 2.75) is 20.0 Å². The molecule has 2 amide bonds. The van der Waals surface area contributed by atoms with Gasteiger partial charge < -0.3 is 10.2 Å². The van der Waals surface area contributed by atoms with E-state index in [0.29, 0.717) is 6.54 Å². The van der Waals surface area contributed by atoms with Gasteiger partial charge in [0.2, 0.25) is 0 Å². The summed E-state index contributed by atoms with van der Waals surface area (Å²) in [5.41, 5.74) is 3.57. The van der Waals surface area contributed by atoms with Gasteiger partial charge >= 0.3 is 6.03 Å². The summed E-state index contributed by atoms with van der Waals surface area (Å²) in [5.74, 6) is 0. The van der Waals surface area contributed by atoms with Crippen LogP contribution in [0.5, 0.6) is 0 Å². The summed E-state index contributed by atoms with van der Waals surface area (Å²) < 4.78 is 0. The molecule has 1 saturated heterocycles. The Bertz CT molecular complexity index is 666. The van der Waals surface area contributed by atoms with Crippen molar-refractivity contribution in [1.29, 1.82) is 0 Å². The van der Waals surface area contributed by atoms with Crippen LogP contribution < -0.4 is 5.32 Å². The number of piperazine rings is 1. The highest BCUT2D eigenvalue weighted by Gasteiger charge is 2.20. The Balaban J connectivity index is 1.43. The number of urea groups is 1. The number of nitrogens with one attached hydrogen (secondary N) is 1. The van der Waals surface area contributed by atoms with Gasteiger partial charge in [0.05, 0.1) is 0 Å². The smallest absolute Gasteiger partial charge is 0.317 e. The van der Waals surface area contributed by atoms with Crippen molar-refractivity contribution in [1.82, 2.24) is 20.1 Å². The average Bonchev–Trinajstić information content (AvgIpc) is 2.61. The lowest BCUT2D eigenvalue weighted by molar-refractivity contribution is 0.135. The monoisotopic (exact) mass is 324 g/mol. The van der Waals surface area contributed by atoms with Crippen molar-refractivity contribution in [3.63, 3.8) is 0 Å². The van der Waals surface area contributed by atoms with Gasteiger partial charge in [-0.15, -0.1) is 0 Å². The van der Waals surface area contributed by atoms with Crippen LogP contribution in [0.15, 0.2) is 48.8 Å². The Hall–Kier alpha value is -2.40. The van der Waals surface area contributed by atoms with Crippen molar-refractivity contribution in [3.05, 3.63) is 65.5 Å². The Labute approximate surface area is 143 Å². The Kier molecular flexibility index (Phi) is 5.43. The third kappa shape index (κ3) is 4.55. The molecule has 1 N–H and O–H groups in total. The van der Waals surface area contributed by atoms with Crippen LogP contribution in [0.3, 0.4) is 0 Å². The molecule has 2 aromatic rings. The molecule has 0 atom stereocenters. The molecular formula is C19H24N4O. The van der Waals surface area contributed by atoms with Gasteiger partial charge in [-0.1, -0.05) is 35.9 Å². The maximum Gasteiger partial charge on any atom is 0.317 e. The van der Waals surface area contributed by atoms with Gasteiger partial charge in [0.25, 0.3) is 0 Å². The minimum atomic E-state index is 0.0255. The number of aromatic nitrogens is 1. The van der Waals surface area contributed by atoms with Gasteiger partial charge in [-0.25, -0.2) is 4.79 Å². The fourth-order valence-electron chi connectivity index (χ4n) is 2.97. The molecular weight excluding hydrogens is 300 g/mol. The van der Waals surface area contributed by atoms with E-state index in [9.17, 15) is 4.79 Å². The predicted molar refractivity (Wildman–Crippen MR) is 94.5 cm³/mol. The molecule has 1 aliphatic rings. The van der Waals surface area contributed by atoms with Crippen LogP contribution >= 0.6 is 0 Å². The lowest BCUT2D eigenvalue weighted by atomic mass is 10.1. The van der Waals surface area contributed by atoms with Crippen LogP contribution in [0.25, 0.3) is 0 Å². The molecule has 1 fully saturated rings. The first-order chi connectivity index (χ1) is 11.7. The molecule has 3 rings (SSSR count). The van der Waals surface area contributed by atoms with E-state index >= 15 is 0 Å². The highest BCUT2D eigenvalue weighted by molar-refractivity contribution is 5.74. The molecule has 1 aromatic heterocycles. The van der Waals surface area contributed by atoms with Crippen LogP contribution in [-0.4, -0.2) is 47.0 Å². The number of rotatable bonds is 4. The Morgan fingerprint density at radius 2 is 1.92 bits per heavy atom. The molecule has 5 nitrogen and oxygen atoms in total. The molecule has 126 valence electrons. The Morgan fingerprint density at radius 1 is 1.12 bits per heavy atom. The molecule has 1 aromatic carbocycles. The SMILES string of the molecule is Cc1cccc(CNC(=O)N2CCN(Cc3cccnc3)CC2)c1. The predicted octanol–water partition coefficient (Wildman–Crippen LogP) is 2.42. The number of aryl methyl sites for hydroxylation is 1. The summed E-state index contributed by atoms with van der Waals surface area (Å²) in [4.78, 5) is 20.7. The minimum Gasteiger partial charge on any atom is -0.334 e. The van der Waals surface area contributed by atoms with E-state index in [-0.39, 0.29) is 6.03 Å². The molecule has 24 heavy (non-hydrogen) atoms. The highest BCUT2D eigenvalue weighted by atomic mass is 16.2. The van der Waals surface area contributed by atoms with Crippen LogP contribution in [0, 0.1) is 6.92 Å². The van der Waals surface area contributed by atoms with Gasteiger partial charge in [0.1, 0.15) is 0 Å². The molecule has 0 aliphatic carbocycles. The molecule has 0 spiro atoms. The number of carbonyl (C=O) groups is 1. The number of nitrogens with zero attached hydrogens (tertiary/aromatic N) is 3. The van der Waals surface area contributed by atoms with Gasteiger partial charge in [-0.2, -0.15) is 0 Å². The zero-order chi connectivity index (χ0) is 16.8. The van der Waals surface area contributed by atoms with E-state index in [0.717, 1.165) is 38.3 Å². The summed E-state index contributed by atoms with van der Waals surface area (Å²) in [7, 11) is 0. The summed E-state index contributed by atoms with van der Waals surface area (Å²) >= 11 is 0. The lowest BCUT2D eigenvalue weighted by Crippen LogP contribution is -2.51. The van der Waals surface area contributed by atoms with E-state index in [2.05, 4.69) is 40.3 Å². The molecule has 0 radical (unpaired) electrons. The summed E-state index contributed by atoms with van der Waals surface area (Å²) in [6.45, 7) is 6.86. The normalized spacial score (nSPS) is 15.3.